The molecule has 0 unspecified atom stereocenters. The number of amides is 1. The third-order valence-electron chi connectivity index (χ3n) is 3.57. The van der Waals surface area contributed by atoms with E-state index in [1.807, 2.05) is 30.3 Å². The number of carbonyl (C=O) groups is 1. The van der Waals surface area contributed by atoms with E-state index in [9.17, 15) is 18.0 Å². The highest BCUT2D eigenvalue weighted by molar-refractivity contribution is 7.22. The molecule has 0 radical (unpaired) electrons. The molecule has 148 valence electrons. The van der Waals surface area contributed by atoms with Gasteiger partial charge in [-0.05, 0) is 17.7 Å². The Hall–Kier alpha value is -2.69. The van der Waals surface area contributed by atoms with Crippen LogP contribution in [0.3, 0.4) is 0 Å². The molecule has 0 aliphatic carbocycles. The molecular formula is C18H16F3N3O3S. The van der Waals surface area contributed by atoms with Crippen molar-refractivity contribution >= 4 is 32.6 Å². The van der Waals surface area contributed by atoms with E-state index in [0.717, 1.165) is 23.0 Å². The number of thiazole rings is 1. The minimum Gasteiger partial charge on any atom is -0.406 e. The molecule has 10 heteroatoms. The summed E-state index contributed by atoms with van der Waals surface area (Å²) in [5, 5.41) is 2.77. The molecule has 3 aromatic rings. The highest BCUT2D eigenvalue weighted by Crippen LogP contribution is 2.31. The Balaban J connectivity index is 1.56. The van der Waals surface area contributed by atoms with Gasteiger partial charge in [-0.2, -0.15) is 0 Å². The molecule has 0 aliphatic rings. The summed E-state index contributed by atoms with van der Waals surface area (Å²) in [5.74, 6) is -0.855. The molecule has 3 rings (SSSR count). The lowest BCUT2D eigenvalue weighted by Crippen LogP contribution is -2.39. The fourth-order valence-corrected chi connectivity index (χ4v) is 3.20. The Kier molecular flexibility index (Phi) is 6.12. The van der Waals surface area contributed by atoms with E-state index in [4.69, 9.17) is 10.5 Å². The van der Waals surface area contributed by atoms with Crippen LogP contribution in [-0.2, 0) is 16.1 Å². The van der Waals surface area contributed by atoms with Crippen LogP contribution in [0.5, 0.6) is 5.75 Å². The summed E-state index contributed by atoms with van der Waals surface area (Å²) in [7, 11) is 0. The number of halogens is 3. The molecule has 0 fully saturated rings. The Morgan fingerprint density at radius 3 is 2.68 bits per heavy atom. The van der Waals surface area contributed by atoms with Gasteiger partial charge in [0.1, 0.15) is 11.8 Å². The molecule has 0 spiro atoms. The van der Waals surface area contributed by atoms with Crippen LogP contribution >= 0.6 is 11.3 Å². The summed E-state index contributed by atoms with van der Waals surface area (Å²) in [5.41, 5.74) is 7.20. The number of hydrogen-bond donors (Lipinski definition) is 2. The standard InChI is InChI=1S/C18H16F3N3O3S/c19-18(20,21)27-12-6-7-14-15(8-12)28-17(23-14)24-16(25)13(22)10-26-9-11-4-2-1-3-5-11/h1-8,13H,9-10,22H2,(H,23,24,25)/t13-/m0/s1. The first-order valence-corrected chi connectivity index (χ1v) is 8.96. The second-order valence-corrected chi connectivity index (χ2v) is 6.82. The Morgan fingerprint density at radius 1 is 1.21 bits per heavy atom. The molecule has 0 saturated heterocycles. The zero-order valence-electron chi connectivity index (χ0n) is 14.4. The van der Waals surface area contributed by atoms with Crippen molar-refractivity contribution < 1.29 is 27.4 Å². The summed E-state index contributed by atoms with van der Waals surface area (Å²) in [6.45, 7) is 0.333. The first-order chi connectivity index (χ1) is 13.3. The lowest BCUT2D eigenvalue weighted by atomic mass is 10.2. The van der Waals surface area contributed by atoms with Crippen LogP contribution in [0.2, 0.25) is 0 Å². The second kappa shape index (κ2) is 8.55. The van der Waals surface area contributed by atoms with E-state index in [1.165, 1.54) is 12.1 Å². The maximum atomic E-state index is 12.3. The lowest BCUT2D eigenvalue weighted by molar-refractivity contribution is -0.274. The number of hydrogen-bond acceptors (Lipinski definition) is 6. The smallest absolute Gasteiger partial charge is 0.406 e. The van der Waals surface area contributed by atoms with E-state index in [0.29, 0.717) is 16.8 Å². The molecule has 0 bridgehead atoms. The van der Waals surface area contributed by atoms with Crippen LogP contribution in [-0.4, -0.2) is 29.9 Å². The van der Waals surface area contributed by atoms with Crippen molar-refractivity contribution in [2.75, 3.05) is 11.9 Å². The van der Waals surface area contributed by atoms with Gasteiger partial charge in [-0.1, -0.05) is 41.7 Å². The maximum absolute atomic E-state index is 12.3. The fraction of sp³-hybridized carbons (Fsp3) is 0.222. The minimum atomic E-state index is -4.78. The summed E-state index contributed by atoms with van der Waals surface area (Å²) in [4.78, 5) is 16.3. The van der Waals surface area contributed by atoms with Gasteiger partial charge in [-0.15, -0.1) is 13.2 Å². The molecule has 0 saturated carbocycles. The van der Waals surface area contributed by atoms with Crippen LogP contribution in [0, 0.1) is 0 Å². The van der Waals surface area contributed by atoms with Crippen molar-refractivity contribution in [3.8, 4) is 5.75 Å². The molecule has 1 aromatic heterocycles. The van der Waals surface area contributed by atoms with Gasteiger partial charge in [-0.25, -0.2) is 4.98 Å². The van der Waals surface area contributed by atoms with Crippen LogP contribution in [0.15, 0.2) is 48.5 Å². The largest absolute Gasteiger partial charge is 0.573 e. The van der Waals surface area contributed by atoms with Crippen LogP contribution in [0.4, 0.5) is 18.3 Å². The third-order valence-corrected chi connectivity index (χ3v) is 4.50. The van der Waals surface area contributed by atoms with Gasteiger partial charge in [0.15, 0.2) is 5.13 Å². The van der Waals surface area contributed by atoms with Crippen molar-refractivity contribution in [1.82, 2.24) is 4.98 Å². The summed E-state index contributed by atoms with van der Waals surface area (Å²) >= 11 is 1.02. The zero-order chi connectivity index (χ0) is 20.1. The van der Waals surface area contributed by atoms with Crippen molar-refractivity contribution in [2.24, 2.45) is 5.73 Å². The van der Waals surface area contributed by atoms with Gasteiger partial charge in [-0.3, -0.25) is 4.79 Å². The number of benzene rings is 2. The quantitative estimate of drug-likeness (QED) is 0.620. The van der Waals surface area contributed by atoms with Crippen molar-refractivity contribution in [2.45, 2.75) is 19.0 Å². The van der Waals surface area contributed by atoms with E-state index in [2.05, 4.69) is 15.0 Å². The molecule has 0 aliphatic heterocycles. The first-order valence-electron chi connectivity index (χ1n) is 8.14. The van der Waals surface area contributed by atoms with Crippen LogP contribution < -0.4 is 15.8 Å². The number of anilines is 1. The molecular weight excluding hydrogens is 395 g/mol. The van der Waals surface area contributed by atoms with E-state index < -0.39 is 18.3 Å². The van der Waals surface area contributed by atoms with Crippen molar-refractivity contribution in [3.63, 3.8) is 0 Å². The number of rotatable bonds is 7. The zero-order valence-corrected chi connectivity index (χ0v) is 15.2. The topological polar surface area (TPSA) is 86.5 Å². The molecule has 6 nitrogen and oxygen atoms in total. The normalized spacial score (nSPS) is 12.7. The van der Waals surface area contributed by atoms with Gasteiger partial charge < -0.3 is 20.5 Å². The number of fused-ring (bicyclic) bond motifs is 1. The molecule has 3 N–H and O–H groups in total. The molecule has 28 heavy (non-hydrogen) atoms. The Labute approximate surface area is 162 Å². The summed E-state index contributed by atoms with van der Waals surface area (Å²) < 4.78 is 46.6. The van der Waals surface area contributed by atoms with E-state index in [-0.39, 0.29) is 17.5 Å². The van der Waals surface area contributed by atoms with E-state index in [1.54, 1.807) is 0 Å². The average molecular weight is 411 g/mol. The highest BCUT2D eigenvalue weighted by atomic mass is 32.1. The van der Waals surface area contributed by atoms with Gasteiger partial charge >= 0.3 is 6.36 Å². The second-order valence-electron chi connectivity index (χ2n) is 5.79. The predicted molar refractivity (Wildman–Crippen MR) is 99.0 cm³/mol. The number of nitrogens with zero attached hydrogens (tertiary/aromatic N) is 1. The number of nitrogens with one attached hydrogen (secondary N) is 1. The monoisotopic (exact) mass is 411 g/mol. The van der Waals surface area contributed by atoms with Gasteiger partial charge in [0.2, 0.25) is 5.91 Å². The molecule has 1 heterocycles. The minimum absolute atomic E-state index is 0.00912. The summed E-state index contributed by atoms with van der Waals surface area (Å²) in [6.07, 6.45) is -4.78. The van der Waals surface area contributed by atoms with Gasteiger partial charge in [0.05, 0.1) is 23.4 Å². The number of carbonyl (C=O) groups excluding carboxylic acids is 1. The van der Waals surface area contributed by atoms with Crippen LogP contribution in [0.25, 0.3) is 10.2 Å². The predicted octanol–water partition coefficient (Wildman–Crippen LogP) is 3.68. The van der Waals surface area contributed by atoms with Gasteiger partial charge in [0, 0.05) is 6.07 Å². The highest BCUT2D eigenvalue weighted by Gasteiger charge is 2.31. The van der Waals surface area contributed by atoms with Crippen molar-refractivity contribution in [3.05, 3.63) is 54.1 Å². The van der Waals surface area contributed by atoms with Gasteiger partial charge in [0.25, 0.3) is 0 Å². The molecule has 1 atom stereocenters. The maximum Gasteiger partial charge on any atom is 0.573 e. The molecule has 1 amide bonds. The number of nitrogens with two attached hydrogens (primary N) is 1. The SMILES string of the molecule is N[C@@H](COCc1ccccc1)C(=O)Nc1nc2ccc(OC(F)(F)F)cc2s1. The Bertz CT molecular complexity index is 947. The van der Waals surface area contributed by atoms with Crippen molar-refractivity contribution in [1.29, 1.82) is 0 Å². The number of alkyl halides is 3. The Morgan fingerprint density at radius 2 is 1.96 bits per heavy atom. The number of aromatic nitrogens is 1. The first kappa shape index (κ1) is 20.1. The average Bonchev–Trinajstić information content (AvgIpc) is 3.02. The molecule has 2 aromatic carbocycles. The lowest BCUT2D eigenvalue weighted by Gasteiger charge is -2.11. The fourth-order valence-electron chi connectivity index (χ4n) is 2.31. The third kappa shape index (κ3) is 5.65. The van der Waals surface area contributed by atoms with E-state index >= 15 is 0 Å². The summed E-state index contributed by atoms with van der Waals surface area (Å²) in [6, 6.07) is 12.3. The van der Waals surface area contributed by atoms with Crippen LogP contribution in [0.1, 0.15) is 5.56 Å². The number of ether oxygens (including phenoxy) is 2.